The summed E-state index contributed by atoms with van der Waals surface area (Å²) < 4.78 is 7.28. The maximum atomic E-state index is 12.6. The van der Waals surface area contributed by atoms with E-state index < -0.39 is 24.5 Å². The van der Waals surface area contributed by atoms with Crippen LogP contribution in [-0.4, -0.2) is 44.4 Å². The van der Waals surface area contributed by atoms with E-state index in [2.05, 4.69) is 10.4 Å². The van der Waals surface area contributed by atoms with Crippen molar-refractivity contribution in [1.29, 1.82) is 0 Å². The maximum Gasteiger partial charge on any atom is 0.328 e. The van der Waals surface area contributed by atoms with Gasteiger partial charge < -0.3 is 20.3 Å². The third-order valence-corrected chi connectivity index (χ3v) is 4.52. The van der Waals surface area contributed by atoms with Crippen molar-refractivity contribution in [3.05, 3.63) is 64.4 Å². The molecule has 0 aliphatic carbocycles. The van der Waals surface area contributed by atoms with Crippen LogP contribution in [0, 0.1) is 6.92 Å². The molecule has 0 fully saturated rings. The number of benzene rings is 1. The van der Waals surface area contributed by atoms with E-state index in [0.717, 1.165) is 5.56 Å². The minimum atomic E-state index is -1.40. The fourth-order valence-electron chi connectivity index (χ4n) is 2.71. The van der Waals surface area contributed by atoms with E-state index in [0.29, 0.717) is 22.0 Å². The van der Waals surface area contributed by atoms with Gasteiger partial charge in [0, 0.05) is 22.8 Å². The second-order valence-electron chi connectivity index (χ2n) is 6.08. The first-order valence-electron chi connectivity index (χ1n) is 8.40. The number of aliphatic carboxylic acids is 1. The highest BCUT2D eigenvalue weighted by Gasteiger charge is 2.24. The second-order valence-corrected chi connectivity index (χ2v) is 6.49. The summed E-state index contributed by atoms with van der Waals surface area (Å²) in [6.07, 6.45) is 1.64. The molecule has 9 heteroatoms. The summed E-state index contributed by atoms with van der Waals surface area (Å²) in [5.74, 6) is -1.47. The van der Waals surface area contributed by atoms with Crippen molar-refractivity contribution in [3.63, 3.8) is 0 Å². The molecule has 2 heterocycles. The number of rotatable bonds is 7. The number of nitrogens with zero attached hydrogens (tertiary/aromatic N) is 2. The van der Waals surface area contributed by atoms with Crippen LogP contribution in [0.2, 0.25) is 5.02 Å². The van der Waals surface area contributed by atoms with Gasteiger partial charge in [-0.25, -0.2) is 9.31 Å². The topological polar surface area (TPSA) is 113 Å². The Morgan fingerprint density at radius 2 is 2.07 bits per heavy atom. The fraction of sp³-hybridized carbons (Fsp3) is 0.211. The molecule has 8 nitrogen and oxygen atoms in total. The lowest BCUT2D eigenvalue weighted by atomic mass is 10.1. The van der Waals surface area contributed by atoms with Gasteiger partial charge in [0.05, 0.1) is 23.4 Å². The Bertz CT molecular complexity index is 1030. The van der Waals surface area contributed by atoms with E-state index in [1.165, 1.54) is 4.52 Å². The normalized spacial score (nSPS) is 12.0. The molecule has 28 heavy (non-hydrogen) atoms. The van der Waals surface area contributed by atoms with Crippen molar-refractivity contribution in [2.45, 2.75) is 19.6 Å². The number of carbonyl (C=O) groups is 2. The summed E-state index contributed by atoms with van der Waals surface area (Å²) in [7, 11) is 0. The highest BCUT2D eigenvalue weighted by atomic mass is 35.5. The molecule has 3 rings (SSSR count). The first-order chi connectivity index (χ1) is 13.4. The van der Waals surface area contributed by atoms with Crippen LogP contribution >= 0.6 is 11.6 Å². The van der Waals surface area contributed by atoms with Crippen LogP contribution in [0.25, 0.3) is 5.52 Å². The molecule has 0 unspecified atom stereocenters. The first kappa shape index (κ1) is 19.7. The van der Waals surface area contributed by atoms with Crippen molar-refractivity contribution >= 4 is 29.0 Å². The molecule has 0 saturated heterocycles. The van der Waals surface area contributed by atoms with Crippen LogP contribution in [0.1, 0.15) is 21.6 Å². The largest absolute Gasteiger partial charge is 0.489 e. The molecular formula is C19H18ClN3O5. The molecule has 0 spiro atoms. The number of carboxylic acid groups (broad SMARTS) is 1. The van der Waals surface area contributed by atoms with Crippen molar-refractivity contribution in [2.24, 2.45) is 0 Å². The number of carbonyl (C=O) groups excluding carboxylic acids is 1. The predicted molar refractivity (Wildman–Crippen MR) is 102 cm³/mol. The van der Waals surface area contributed by atoms with Crippen LogP contribution in [0.5, 0.6) is 5.75 Å². The number of fused-ring (bicyclic) bond motifs is 1. The zero-order chi connectivity index (χ0) is 20.3. The number of hydrogen-bond donors (Lipinski definition) is 3. The zero-order valence-corrected chi connectivity index (χ0v) is 15.7. The number of ether oxygens (including phenoxy) is 1. The Kier molecular flexibility index (Phi) is 5.81. The number of amides is 1. The van der Waals surface area contributed by atoms with Gasteiger partial charge in [-0.15, -0.1) is 0 Å². The fourth-order valence-corrected chi connectivity index (χ4v) is 2.90. The molecule has 0 bridgehead atoms. The standard InChI is InChI=1S/C19H18ClN3O5/c1-11-17(18(25)21-15(9-24)19(26)27)16-8-13(6-7-23(16)22-11)28-10-12-4-2-3-5-14(12)20/h2-8,15,24H,9-10H2,1H3,(H,21,25)(H,26,27)/t15-/m0/s1. The number of halogens is 1. The van der Waals surface area contributed by atoms with Crippen molar-refractivity contribution < 1.29 is 24.5 Å². The van der Waals surface area contributed by atoms with Gasteiger partial charge in [0.1, 0.15) is 12.4 Å². The average Bonchev–Trinajstić information content (AvgIpc) is 3.00. The van der Waals surface area contributed by atoms with Gasteiger partial charge in [0.2, 0.25) is 0 Å². The van der Waals surface area contributed by atoms with Crippen molar-refractivity contribution in [2.75, 3.05) is 6.61 Å². The summed E-state index contributed by atoms with van der Waals surface area (Å²) in [6, 6.07) is 9.24. The number of aliphatic hydroxyl groups excluding tert-OH is 1. The van der Waals surface area contributed by atoms with Crippen LogP contribution < -0.4 is 10.1 Å². The minimum absolute atomic E-state index is 0.211. The van der Waals surface area contributed by atoms with E-state index >= 15 is 0 Å². The van der Waals surface area contributed by atoms with E-state index in [9.17, 15) is 9.59 Å². The third kappa shape index (κ3) is 4.08. The summed E-state index contributed by atoms with van der Waals surface area (Å²) in [5.41, 5.74) is 1.90. The molecule has 2 aromatic heterocycles. The van der Waals surface area contributed by atoms with E-state index in [1.54, 1.807) is 31.3 Å². The Balaban J connectivity index is 1.86. The Hall–Kier alpha value is -3.10. The number of carboxylic acids is 1. The molecule has 146 valence electrons. The number of nitrogens with one attached hydrogen (secondary N) is 1. The number of aromatic nitrogens is 2. The van der Waals surface area contributed by atoms with Crippen LogP contribution in [0.15, 0.2) is 42.6 Å². The molecule has 0 radical (unpaired) electrons. The van der Waals surface area contributed by atoms with Gasteiger partial charge in [-0.1, -0.05) is 29.8 Å². The van der Waals surface area contributed by atoms with Gasteiger partial charge >= 0.3 is 5.97 Å². The lowest BCUT2D eigenvalue weighted by Crippen LogP contribution is -2.43. The molecule has 1 amide bonds. The second kappa shape index (κ2) is 8.28. The SMILES string of the molecule is Cc1nn2ccc(OCc3ccccc3Cl)cc2c1C(=O)N[C@@H](CO)C(=O)O. The predicted octanol–water partition coefficient (Wildman–Crippen LogP) is 2.05. The summed E-state index contributed by atoms with van der Waals surface area (Å²) in [6.45, 7) is 1.17. The van der Waals surface area contributed by atoms with Crippen LogP contribution in [-0.2, 0) is 11.4 Å². The zero-order valence-electron chi connectivity index (χ0n) is 14.9. The number of aryl methyl sites for hydroxylation is 1. The maximum absolute atomic E-state index is 12.6. The molecule has 0 aliphatic rings. The molecule has 3 aromatic rings. The highest BCUT2D eigenvalue weighted by Crippen LogP contribution is 2.23. The van der Waals surface area contributed by atoms with Gasteiger partial charge in [-0.3, -0.25) is 4.79 Å². The first-order valence-corrected chi connectivity index (χ1v) is 8.78. The summed E-state index contributed by atoms with van der Waals surface area (Å²) >= 11 is 6.13. The molecular weight excluding hydrogens is 386 g/mol. The molecule has 1 atom stereocenters. The highest BCUT2D eigenvalue weighted by molar-refractivity contribution is 6.31. The van der Waals surface area contributed by atoms with Crippen molar-refractivity contribution in [1.82, 2.24) is 14.9 Å². The van der Waals surface area contributed by atoms with Gasteiger partial charge in [0.15, 0.2) is 6.04 Å². The summed E-state index contributed by atoms with van der Waals surface area (Å²) in [5, 5.41) is 25.3. The number of aliphatic hydroxyl groups is 1. The number of hydrogen-bond acceptors (Lipinski definition) is 5. The molecule has 0 aliphatic heterocycles. The van der Waals surface area contributed by atoms with Gasteiger partial charge in [0.25, 0.3) is 5.91 Å². The monoisotopic (exact) mass is 403 g/mol. The number of pyridine rings is 1. The third-order valence-electron chi connectivity index (χ3n) is 4.15. The molecule has 3 N–H and O–H groups in total. The van der Waals surface area contributed by atoms with Gasteiger partial charge in [-0.2, -0.15) is 5.10 Å². The Morgan fingerprint density at radius 3 is 2.75 bits per heavy atom. The van der Waals surface area contributed by atoms with E-state index in [1.807, 2.05) is 18.2 Å². The smallest absolute Gasteiger partial charge is 0.328 e. The average molecular weight is 404 g/mol. The Morgan fingerprint density at radius 1 is 1.32 bits per heavy atom. The lowest BCUT2D eigenvalue weighted by molar-refractivity contribution is -0.140. The Labute approximate surface area is 165 Å². The van der Waals surface area contributed by atoms with E-state index in [-0.39, 0.29) is 12.2 Å². The van der Waals surface area contributed by atoms with Crippen LogP contribution in [0.4, 0.5) is 0 Å². The quantitative estimate of drug-likeness (QED) is 0.556. The van der Waals surface area contributed by atoms with Crippen LogP contribution in [0.3, 0.4) is 0 Å². The lowest BCUT2D eigenvalue weighted by Gasteiger charge is -2.12. The van der Waals surface area contributed by atoms with Crippen molar-refractivity contribution in [3.8, 4) is 5.75 Å². The minimum Gasteiger partial charge on any atom is -0.489 e. The molecule has 0 saturated carbocycles. The van der Waals surface area contributed by atoms with Gasteiger partial charge in [-0.05, 0) is 19.1 Å². The summed E-state index contributed by atoms with van der Waals surface area (Å²) in [4.78, 5) is 23.6. The molecule has 1 aromatic carbocycles. The van der Waals surface area contributed by atoms with E-state index in [4.69, 9.17) is 26.6 Å².